The van der Waals surface area contributed by atoms with E-state index in [1.54, 1.807) is 0 Å². The van der Waals surface area contributed by atoms with Crippen molar-refractivity contribution in [1.82, 2.24) is 0 Å². The van der Waals surface area contributed by atoms with Crippen LogP contribution in [0.5, 0.6) is 0 Å². The Labute approximate surface area is 332 Å². The lowest BCUT2D eigenvalue weighted by Gasteiger charge is -2.49. The minimum absolute atomic E-state index is 0.162. The summed E-state index contributed by atoms with van der Waals surface area (Å²) in [6.07, 6.45) is 0. The summed E-state index contributed by atoms with van der Waals surface area (Å²) < 4.78 is 0. The second-order valence-corrected chi connectivity index (χ2v) is 18.7. The maximum Gasteiger partial charge on any atom is 0.0544 e. The molecule has 4 aliphatic rings. The number of fused-ring (bicyclic) bond motifs is 8. The van der Waals surface area contributed by atoms with Crippen LogP contribution in [0.25, 0.3) is 22.3 Å². The highest BCUT2D eigenvalue weighted by Crippen LogP contribution is 2.62. The van der Waals surface area contributed by atoms with E-state index in [-0.39, 0.29) is 21.7 Å². The fourth-order valence-corrected chi connectivity index (χ4v) is 11.0. The zero-order valence-electron chi connectivity index (χ0n) is 33.8. The Bertz CT molecular complexity index is 2460. The molecule has 0 bridgehead atoms. The lowest BCUT2D eigenvalue weighted by Crippen LogP contribution is -2.38. The van der Waals surface area contributed by atoms with E-state index in [2.05, 4.69) is 211 Å². The molecule has 4 heterocycles. The van der Waals surface area contributed by atoms with Crippen LogP contribution in [0.3, 0.4) is 0 Å². The van der Waals surface area contributed by atoms with E-state index < -0.39 is 0 Å². The first-order valence-corrected chi connectivity index (χ1v) is 20.3. The number of para-hydroxylation sites is 4. The molecule has 0 saturated heterocycles. The van der Waals surface area contributed by atoms with Crippen molar-refractivity contribution in [3.05, 3.63) is 190 Å². The van der Waals surface area contributed by atoms with Crippen molar-refractivity contribution in [3.8, 4) is 22.3 Å². The van der Waals surface area contributed by atoms with Crippen LogP contribution in [0.1, 0.15) is 99.9 Å². The molecule has 4 aliphatic heterocycles. The summed E-state index contributed by atoms with van der Waals surface area (Å²) in [6.45, 7) is 19.2. The van der Waals surface area contributed by atoms with Gasteiger partial charge in [-0.05, 0) is 115 Å². The van der Waals surface area contributed by atoms with Gasteiger partial charge in [0.2, 0.25) is 0 Å². The molecule has 0 N–H and O–H groups in total. The van der Waals surface area contributed by atoms with Crippen molar-refractivity contribution < 1.29 is 0 Å². The van der Waals surface area contributed by atoms with Gasteiger partial charge in [0.25, 0.3) is 0 Å². The molecule has 274 valence electrons. The third-order valence-corrected chi connectivity index (χ3v) is 14.2. The molecule has 56 heavy (non-hydrogen) atoms. The zero-order valence-corrected chi connectivity index (χ0v) is 33.8. The van der Waals surface area contributed by atoms with Gasteiger partial charge in [-0.15, -0.1) is 0 Å². The van der Waals surface area contributed by atoms with Crippen LogP contribution in [0.15, 0.2) is 146 Å². The van der Waals surface area contributed by atoms with Gasteiger partial charge in [0.1, 0.15) is 0 Å². The van der Waals surface area contributed by atoms with Gasteiger partial charge >= 0.3 is 0 Å². The molecule has 0 spiro atoms. The number of hydrogen-bond acceptors (Lipinski definition) is 2. The molecule has 0 unspecified atom stereocenters. The van der Waals surface area contributed by atoms with Gasteiger partial charge in [-0.25, -0.2) is 0 Å². The summed E-state index contributed by atoms with van der Waals surface area (Å²) in [4.78, 5) is 5.09. The van der Waals surface area contributed by atoms with E-state index in [4.69, 9.17) is 0 Å². The van der Waals surface area contributed by atoms with Crippen LogP contribution >= 0.6 is 0 Å². The van der Waals surface area contributed by atoms with Crippen molar-refractivity contribution in [2.45, 2.75) is 77.0 Å². The maximum atomic E-state index is 2.54. The largest absolute Gasteiger partial charge is 0.309 e. The number of nitrogens with zero attached hydrogens (tertiary/aromatic N) is 2. The van der Waals surface area contributed by atoms with Crippen LogP contribution in [-0.4, -0.2) is 0 Å². The van der Waals surface area contributed by atoms with E-state index in [1.807, 2.05) is 0 Å². The third kappa shape index (κ3) is 4.17. The Morgan fingerprint density at radius 3 is 0.750 bits per heavy atom. The molecule has 7 aromatic rings. The monoisotopic (exact) mass is 724 g/mol. The SMILES string of the molecule is CC1(C)c2ccccc2N2c3ccccc3C(C)(C)c3cc(-c4ccc(-c5cc6c7c(c5)C(C)(C)c5ccccc5N7c5ccccc5C6(C)C)cc4)cc1c32. The Balaban J connectivity index is 1.07. The molecule has 0 saturated carbocycles. The molecule has 0 amide bonds. The second-order valence-electron chi connectivity index (χ2n) is 18.7. The molecule has 0 fully saturated rings. The van der Waals surface area contributed by atoms with Gasteiger partial charge in [0, 0.05) is 21.7 Å². The average Bonchev–Trinajstić information content (AvgIpc) is 3.20. The highest BCUT2D eigenvalue weighted by molar-refractivity contribution is 5.96. The lowest BCUT2D eigenvalue weighted by molar-refractivity contribution is 0.597. The van der Waals surface area contributed by atoms with E-state index >= 15 is 0 Å². The first kappa shape index (κ1) is 33.5. The molecule has 0 aromatic heterocycles. The van der Waals surface area contributed by atoms with Crippen molar-refractivity contribution in [2.75, 3.05) is 9.80 Å². The first-order valence-electron chi connectivity index (χ1n) is 20.3. The molecule has 2 nitrogen and oxygen atoms in total. The van der Waals surface area contributed by atoms with Crippen molar-refractivity contribution >= 4 is 34.1 Å². The van der Waals surface area contributed by atoms with Crippen molar-refractivity contribution in [3.63, 3.8) is 0 Å². The Morgan fingerprint density at radius 2 is 0.500 bits per heavy atom. The molecular formula is C54H48N2. The summed E-state index contributed by atoms with van der Waals surface area (Å²) >= 11 is 0. The van der Waals surface area contributed by atoms with Gasteiger partial charge in [0.05, 0.1) is 34.1 Å². The predicted octanol–water partition coefficient (Wildman–Crippen LogP) is 14.5. The van der Waals surface area contributed by atoms with Crippen LogP contribution in [-0.2, 0) is 21.7 Å². The van der Waals surface area contributed by atoms with Crippen LogP contribution in [0, 0.1) is 0 Å². The molecule has 11 rings (SSSR count). The number of benzene rings is 7. The van der Waals surface area contributed by atoms with E-state index in [1.165, 1.54) is 101 Å². The standard InChI is InChI=1S/C54H48N2/c1-51(2)37-17-9-13-21-45(37)55-46-22-14-10-18-38(46)52(3,4)42-30-35(29-41(51)49(42)55)33-25-27-34(28-26-33)36-31-43-50-44(32-36)54(7,8)40-20-12-16-24-48(40)56(50)47-23-15-11-19-39(47)53(43,5)6/h9-32H,1-8H3. The highest BCUT2D eigenvalue weighted by atomic mass is 15.2. The normalized spacial score (nSPS) is 17.8. The summed E-state index contributed by atoms with van der Waals surface area (Å²) in [6, 6.07) is 55.4. The van der Waals surface area contributed by atoms with Gasteiger partial charge in [-0.1, -0.05) is 152 Å². The lowest BCUT2D eigenvalue weighted by atomic mass is 9.65. The first-order chi connectivity index (χ1) is 26.8. The quantitative estimate of drug-likeness (QED) is 0.175. The smallest absolute Gasteiger partial charge is 0.0544 e. The van der Waals surface area contributed by atoms with Crippen molar-refractivity contribution in [1.29, 1.82) is 0 Å². The highest BCUT2D eigenvalue weighted by Gasteiger charge is 2.47. The summed E-state index contributed by atoms with van der Waals surface area (Å²) in [5.74, 6) is 0. The minimum atomic E-state index is -0.162. The van der Waals surface area contributed by atoms with Gasteiger partial charge in [-0.3, -0.25) is 0 Å². The fraction of sp³-hybridized carbons (Fsp3) is 0.222. The van der Waals surface area contributed by atoms with E-state index in [0.717, 1.165) is 0 Å². The minimum Gasteiger partial charge on any atom is -0.309 e. The molecule has 0 radical (unpaired) electrons. The second kappa shape index (κ2) is 10.9. The predicted molar refractivity (Wildman–Crippen MR) is 235 cm³/mol. The van der Waals surface area contributed by atoms with Crippen LogP contribution in [0.2, 0.25) is 0 Å². The maximum absolute atomic E-state index is 2.54. The molecule has 2 heteroatoms. The van der Waals surface area contributed by atoms with Gasteiger partial charge < -0.3 is 9.80 Å². The number of rotatable bonds is 2. The third-order valence-electron chi connectivity index (χ3n) is 14.2. The summed E-state index contributed by atoms with van der Waals surface area (Å²) in [5, 5.41) is 0. The number of hydrogen-bond donors (Lipinski definition) is 0. The Morgan fingerprint density at radius 1 is 0.268 bits per heavy atom. The molecule has 7 aromatic carbocycles. The van der Waals surface area contributed by atoms with E-state index in [0.29, 0.717) is 0 Å². The van der Waals surface area contributed by atoms with Crippen LogP contribution < -0.4 is 9.80 Å². The Hall–Kier alpha value is -5.86. The fourth-order valence-electron chi connectivity index (χ4n) is 11.0. The van der Waals surface area contributed by atoms with Crippen molar-refractivity contribution in [2.24, 2.45) is 0 Å². The van der Waals surface area contributed by atoms with Gasteiger partial charge in [0.15, 0.2) is 0 Å². The molecule has 0 atom stereocenters. The van der Waals surface area contributed by atoms with Crippen LogP contribution in [0.4, 0.5) is 34.1 Å². The van der Waals surface area contributed by atoms with Gasteiger partial charge in [-0.2, -0.15) is 0 Å². The van der Waals surface area contributed by atoms with E-state index in [9.17, 15) is 0 Å². The molecular weight excluding hydrogens is 677 g/mol. The number of anilines is 6. The average molecular weight is 725 g/mol. The summed E-state index contributed by atoms with van der Waals surface area (Å²) in [5.41, 5.74) is 23.3. The Kier molecular flexibility index (Phi) is 6.53. The summed E-state index contributed by atoms with van der Waals surface area (Å²) in [7, 11) is 0. The topological polar surface area (TPSA) is 6.48 Å². The molecule has 0 aliphatic carbocycles. The zero-order chi connectivity index (χ0) is 38.5.